The summed E-state index contributed by atoms with van der Waals surface area (Å²) in [7, 11) is 0. The molecule has 1 aliphatic rings. The molecule has 0 saturated heterocycles. The summed E-state index contributed by atoms with van der Waals surface area (Å²) in [4.78, 5) is 0. The normalized spacial score (nSPS) is 22.9. The first-order chi connectivity index (χ1) is 4.46. The minimum atomic E-state index is -0.705. The maximum atomic E-state index is 9.65. The molecule has 3 N–H and O–H groups in total. The van der Waals surface area contributed by atoms with Gasteiger partial charge in [0, 0.05) is 5.54 Å². The third-order valence-corrected chi connectivity index (χ3v) is 2.71. The minimum Gasteiger partial charge on any atom is -0.389 e. The average Bonchev–Trinajstić information content (AvgIpc) is 2.13. The summed E-state index contributed by atoms with van der Waals surface area (Å²) in [6, 6.07) is 0. The molecule has 0 aliphatic heterocycles. The van der Waals surface area contributed by atoms with Crippen LogP contribution in [-0.4, -0.2) is 16.2 Å². The van der Waals surface area contributed by atoms with Crippen LogP contribution in [0.25, 0.3) is 0 Å². The number of nitrogens with two attached hydrogens (primary N) is 1. The summed E-state index contributed by atoms with van der Waals surface area (Å²) in [5.41, 5.74) is 4.97. The molecule has 0 aromatic rings. The maximum absolute atomic E-state index is 9.65. The molecule has 0 aromatic heterocycles. The number of rotatable bonds is 1. The maximum Gasteiger partial charge on any atom is 0.0770 e. The van der Waals surface area contributed by atoms with E-state index in [1.807, 2.05) is 0 Å². The van der Waals surface area contributed by atoms with E-state index >= 15 is 0 Å². The topological polar surface area (TPSA) is 46.2 Å². The van der Waals surface area contributed by atoms with Crippen molar-refractivity contribution in [1.29, 1.82) is 0 Å². The summed E-state index contributed by atoms with van der Waals surface area (Å²) in [6.45, 7) is 3.61. The van der Waals surface area contributed by atoms with Gasteiger partial charge in [-0.25, -0.2) is 0 Å². The molecule has 0 atom stereocenters. The molecule has 11 heavy (non-hydrogen) atoms. The zero-order valence-corrected chi connectivity index (χ0v) is 8.08. The van der Waals surface area contributed by atoms with E-state index in [-0.39, 0.29) is 17.9 Å². The largest absolute Gasteiger partial charge is 0.389 e. The third kappa shape index (κ3) is 2.08. The van der Waals surface area contributed by atoms with Crippen LogP contribution in [0.15, 0.2) is 0 Å². The lowest BCUT2D eigenvalue weighted by molar-refractivity contribution is 0.000363. The van der Waals surface area contributed by atoms with Gasteiger partial charge in [0.2, 0.25) is 0 Å². The van der Waals surface area contributed by atoms with Crippen molar-refractivity contribution in [3.8, 4) is 0 Å². The van der Waals surface area contributed by atoms with Gasteiger partial charge in [0.15, 0.2) is 0 Å². The Morgan fingerprint density at radius 1 is 1.27 bits per heavy atom. The average molecular weight is 180 g/mol. The van der Waals surface area contributed by atoms with Gasteiger partial charge in [-0.3, -0.25) is 0 Å². The van der Waals surface area contributed by atoms with Crippen LogP contribution in [0.3, 0.4) is 0 Å². The molecule has 0 spiro atoms. The molecule has 0 radical (unpaired) electrons. The van der Waals surface area contributed by atoms with Crippen molar-refractivity contribution < 1.29 is 5.11 Å². The fourth-order valence-electron chi connectivity index (χ4n) is 1.62. The highest BCUT2D eigenvalue weighted by atomic mass is 35.5. The second-order valence-electron chi connectivity index (χ2n) is 3.92. The van der Waals surface area contributed by atoms with Crippen molar-refractivity contribution in [2.24, 2.45) is 5.73 Å². The molecule has 0 bridgehead atoms. The van der Waals surface area contributed by atoms with Gasteiger partial charge in [0.1, 0.15) is 0 Å². The highest BCUT2D eigenvalue weighted by molar-refractivity contribution is 5.85. The zero-order valence-electron chi connectivity index (χ0n) is 7.26. The van der Waals surface area contributed by atoms with Crippen molar-refractivity contribution in [2.45, 2.75) is 50.7 Å². The van der Waals surface area contributed by atoms with E-state index in [1.165, 1.54) is 12.8 Å². The highest BCUT2D eigenvalue weighted by Gasteiger charge is 2.42. The lowest BCUT2D eigenvalue weighted by Crippen LogP contribution is -2.55. The van der Waals surface area contributed by atoms with Crippen LogP contribution < -0.4 is 5.73 Å². The van der Waals surface area contributed by atoms with E-state index in [0.29, 0.717) is 0 Å². The second-order valence-corrected chi connectivity index (χ2v) is 3.92. The van der Waals surface area contributed by atoms with Gasteiger partial charge in [0.25, 0.3) is 0 Å². The first kappa shape index (κ1) is 11.2. The molecule has 1 fully saturated rings. The van der Waals surface area contributed by atoms with E-state index in [2.05, 4.69) is 0 Å². The molecule has 68 valence electrons. The molecule has 2 nitrogen and oxygen atoms in total. The Kier molecular flexibility index (Phi) is 3.36. The first-order valence-corrected chi connectivity index (χ1v) is 3.97. The Labute approximate surface area is 74.6 Å². The summed E-state index contributed by atoms with van der Waals surface area (Å²) in [5, 5.41) is 9.65. The van der Waals surface area contributed by atoms with Crippen molar-refractivity contribution in [2.75, 3.05) is 0 Å². The van der Waals surface area contributed by atoms with Crippen LogP contribution in [0.1, 0.15) is 39.5 Å². The lowest BCUT2D eigenvalue weighted by Gasteiger charge is -2.36. The Balaban J connectivity index is 0.000001000. The van der Waals surface area contributed by atoms with Gasteiger partial charge in [-0.1, -0.05) is 12.8 Å². The Morgan fingerprint density at radius 2 is 1.64 bits per heavy atom. The van der Waals surface area contributed by atoms with Gasteiger partial charge >= 0.3 is 0 Å². The smallest absolute Gasteiger partial charge is 0.0770 e. The molecule has 3 heteroatoms. The van der Waals surface area contributed by atoms with Crippen LogP contribution >= 0.6 is 12.4 Å². The van der Waals surface area contributed by atoms with Crippen LogP contribution in [0.5, 0.6) is 0 Å². The Bertz CT molecular complexity index is 125. The number of aliphatic hydroxyl groups is 1. The summed E-state index contributed by atoms with van der Waals surface area (Å²) < 4.78 is 0. The Morgan fingerprint density at radius 3 is 1.82 bits per heavy atom. The van der Waals surface area contributed by atoms with Gasteiger partial charge in [-0.15, -0.1) is 12.4 Å². The molecule has 0 heterocycles. The van der Waals surface area contributed by atoms with Crippen LogP contribution in [-0.2, 0) is 0 Å². The van der Waals surface area contributed by atoms with Crippen LogP contribution in [0.4, 0.5) is 0 Å². The predicted molar refractivity (Wildman–Crippen MR) is 48.9 cm³/mol. The number of hydrogen-bond donors (Lipinski definition) is 2. The third-order valence-electron chi connectivity index (χ3n) is 2.71. The van der Waals surface area contributed by atoms with E-state index in [0.717, 1.165) is 12.8 Å². The standard InChI is InChI=1S/C8H17NO.ClH/c1-7(2,10)8(9)5-3-4-6-8;/h10H,3-6,9H2,1-2H3;1H. The fourth-order valence-corrected chi connectivity index (χ4v) is 1.62. The monoisotopic (exact) mass is 179 g/mol. The molecule has 0 aromatic carbocycles. The first-order valence-electron chi connectivity index (χ1n) is 3.97. The van der Waals surface area contributed by atoms with Crippen molar-refractivity contribution >= 4 is 12.4 Å². The molecule has 1 aliphatic carbocycles. The van der Waals surface area contributed by atoms with Gasteiger partial charge in [-0.2, -0.15) is 0 Å². The molecular formula is C8H18ClNO. The molecule has 0 amide bonds. The van der Waals surface area contributed by atoms with E-state index in [4.69, 9.17) is 5.73 Å². The minimum absolute atomic E-state index is 0. The zero-order chi connectivity index (χ0) is 7.83. The molecule has 1 saturated carbocycles. The quantitative estimate of drug-likeness (QED) is 0.640. The SMILES string of the molecule is CC(C)(O)C1(N)CCCC1.Cl. The predicted octanol–water partition coefficient (Wildman–Crippen LogP) is 1.45. The summed E-state index contributed by atoms with van der Waals surface area (Å²) in [6.07, 6.45) is 4.27. The van der Waals surface area contributed by atoms with E-state index in [9.17, 15) is 5.11 Å². The Hall–Kier alpha value is 0.210. The molecule has 0 unspecified atom stereocenters. The van der Waals surface area contributed by atoms with Crippen molar-refractivity contribution in [3.05, 3.63) is 0 Å². The van der Waals surface area contributed by atoms with Crippen LogP contribution in [0, 0.1) is 0 Å². The fraction of sp³-hybridized carbons (Fsp3) is 1.00. The van der Waals surface area contributed by atoms with Gasteiger partial charge in [-0.05, 0) is 26.7 Å². The van der Waals surface area contributed by atoms with Gasteiger partial charge < -0.3 is 10.8 Å². The van der Waals surface area contributed by atoms with Crippen molar-refractivity contribution in [1.82, 2.24) is 0 Å². The lowest BCUT2D eigenvalue weighted by atomic mass is 9.82. The summed E-state index contributed by atoms with van der Waals surface area (Å²) in [5.74, 6) is 0. The van der Waals surface area contributed by atoms with E-state index < -0.39 is 5.60 Å². The highest BCUT2D eigenvalue weighted by Crippen LogP contribution is 2.35. The molecular weight excluding hydrogens is 162 g/mol. The van der Waals surface area contributed by atoms with Crippen molar-refractivity contribution in [3.63, 3.8) is 0 Å². The van der Waals surface area contributed by atoms with Crippen LogP contribution in [0.2, 0.25) is 0 Å². The van der Waals surface area contributed by atoms with Gasteiger partial charge in [0.05, 0.1) is 5.60 Å². The molecule has 1 rings (SSSR count). The second kappa shape index (κ2) is 3.30. The number of hydrogen-bond acceptors (Lipinski definition) is 2. The number of halogens is 1. The summed E-state index contributed by atoms with van der Waals surface area (Å²) >= 11 is 0. The van der Waals surface area contributed by atoms with E-state index in [1.54, 1.807) is 13.8 Å².